The molecule has 28 heavy (non-hydrogen) atoms. The van der Waals surface area contributed by atoms with Crippen molar-refractivity contribution >= 4 is 17.5 Å². The van der Waals surface area contributed by atoms with E-state index in [1.165, 1.54) is 12.3 Å². The Kier molecular flexibility index (Phi) is 6.15. The number of hydrogen-bond acceptors (Lipinski definition) is 4. The number of pyridine rings is 1. The van der Waals surface area contributed by atoms with Crippen molar-refractivity contribution in [3.05, 3.63) is 96.8 Å². The number of rotatable bonds is 7. The minimum absolute atomic E-state index is 0.168. The van der Waals surface area contributed by atoms with Gasteiger partial charge in [-0.2, -0.15) is 0 Å². The minimum atomic E-state index is -0.364. The lowest BCUT2D eigenvalue weighted by molar-refractivity contribution is 0.0953. The molecule has 0 saturated heterocycles. The molecule has 0 aliphatic rings. The SMILES string of the molecule is C=CCNC(=O)c1cc(C(=O)Nc2ccc(Oc3ccccc3)cc2)ccn1. The van der Waals surface area contributed by atoms with E-state index in [4.69, 9.17) is 4.74 Å². The van der Waals surface area contributed by atoms with Crippen LogP contribution in [-0.2, 0) is 0 Å². The summed E-state index contributed by atoms with van der Waals surface area (Å²) in [7, 11) is 0. The minimum Gasteiger partial charge on any atom is -0.457 e. The van der Waals surface area contributed by atoms with E-state index in [0.29, 0.717) is 23.5 Å². The van der Waals surface area contributed by atoms with Crippen molar-refractivity contribution in [3.8, 4) is 11.5 Å². The Hall–Kier alpha value is -3.93. The summed E-state index contributed by atoms with van der Waals surface area (Å²) >= 11 is 0. The van der Waals surface area contributed by atoms with Crippen LogP contribution in [-0.4, -0.2) is 23.3 Å². The topological polar surface area (TPSA) is 80.3 Å². The molecule has 0 atom stereocenters. The van der Waals surface area contributed by atoms with Crippen LogP contribution in [0.2, 0.25) is 0 Å². The maximum Gasteiger partial charge on any atom is 0.270 e. The second-order valence-electron chi connectivity index (χ2n) is 5.82. The summed E-state index contributed by atoms with van der Waals surface area (Å²) in [5.74, 6) is 0.696. The summed E-state index contributed by atoms with van der Waals surface area (Å²) in [4.78, 5) is 28.4. The summed E-state index contributed by atoms with van der Waals surface area (Å²) in [5.41, 5.74) is 1.12. The summed E-state index contributed by atoms with van der Waals surface area (Å²) in [6.45, 7) is 3.87. The second kappa shape index (κ2) is 9.14. The Labute approximate surface area is 162 Å². The lowest BCUT2D eigenvalue weighted by Gasteiger charge is -2.09. The molecular formula is C22H19N3O3. The second-order valence-corrected chi connectivity index (χ2v) is 5.82. The quantitative estimate of drug-likeness (QED) is 0.613. The predicted octanol–water partition coefficient (Wildman–Crippen LogP) is 4.04. The zero-order valence-electron chi connectivity index (χ0n) is 15.1. The molecular weight excluding hydrogens is 354 g/mol. The molecule has 0 bridgehead atoms. The van der Waals surface area contributed by atoms with E-state index in [0.717, 1.165) is 5.75 Å². The van der Waals surface area contributed by atoms with Crippen LogP contribution in [0, 0.1) is 0 Å². The first-order valence-corrected chi connectivity index (χ1v) is 8.65. The van der Waals surface area contributed by atoms with Gasteiger partial charge in [-0.15, -0.1) is 6.58 Å². The van der Waals surface area contributed by atoms with Crippen LogP contribution in [0.4, 0.5) is 5.69 Å². The van der Waals surface area contributed by atoms with Gasteiger partial charge < -0.3 is 15.4 Å². The van der Waals surface area contributed by atoms with Crippen molar-refractivity contribution < 1.29 is 14.3 Å². The lowest BCUT2D eigenvalue weighted by Crippen LogP contribution is -2.24. The van der Waals surface area contributed by atoms with Crippen molar-refractivity contribution in [1.82, 2.24) is 10.3 Å². The van der Waals surface area contributed by atoms with Gasteiger partial charge in [0.25, 0.3) is 11.8 Å². The average molecular weight is 373 g/mol. The number of ether oxygens (including phenoxy) is 1. The van der Waals surface area contributed by atoms with Crippen molar-refractivity contribution in [1.29, 1.82) is 0 Å². The number of nitrogens with zero attached hydrogens (tertiary/aromatic N) is 1. The summed E-state index contributed by atoms with van der Waals surface area (Å²) < 4.78 is 5.72. The molecule has 2 amide bonds. The summed E-state index contributed by atoms with van der Waals surface area (Å²) in [6, 6.07) is 19.4. The number of anilines is 1. The number of carbonyl (C=O) groups excluding carboxylic acids is 2. The van der Waals surface area contributed by atoms with E-state index >= 15 is 0 Å². The first-order valence-electron chi connectivity index (χ1n) is 8.65. The third kappa shape index (κ3) is 5.04. The fourth-order valence-corrected chi connectivity index (χ4v) is 2.39. The van der Waals surface area contributed by atoms with Crippen LogP contribution in [0.25, 0.3) is 0 Å². The molecule has 0 saturated carbocycles. The Bertz CT molecular complexity index is 970. The third-order valence-corrected chi connectivity index (χ3v) is 3.75. The van der Waals surface area contributed by atoms with Crippen LogP contribution in [0.15, 0.2) is 85.6 Å². The van der Waals surface area contributed by atoms with Gasteiger partial charge in [-0.1, -0.05) is 24.3 Å². The molecule has 0 aliphatic heterocycles. The number of nitrogens with one attached hydrogen (secondary N) is 2. The monoisotopic (exact) mass is 373 g/mol. The van der Waals surface area contributed by atoms with Gasteiger partial charge in [-0.05, 0) is 48.5 Å². The van der Waals surface area contributed by atoms with Crippen LogP contribution in [0.1, 0.15) is 20.8 Å². The molecule has 0 aliphatic carbocycles. The molecule has 1 aromatic heterocycles. The molecule has 140 valence electrons. The van der Waals surface area contributed by atoms with E-state index in [1.54, 1.807) is 36.4 Å². The van der Waals surface area contributed by atoms with Gasteiger partial charge in [0.2, 0.25) is 0 Å². The molecule has 2 N–H and O–H groups in total. The maximum absolute atomic E-state index is 12.5. The van der Waals surface area contributed by atoms with E-state index in [-0.39, 0.29) is 17.5 Å². The zero-order valence-corrected chi connectivity index (χ0v) is 15.1. The highest BCUT2D eigenvalue weighted by Crippen LogP contribution is 2.22. The van der Waals surface area contributed by atoms with Gasteiger partial charge in [0, 0.05) is 24.0 Å². The highest BCUT2D eigenvalue weighted by molar-refractivity contribution is 6.05. The zero-order chi connectivity index (χ0) is 19.8. The molecule has 3 rings (SSSR count). The van der Waals surface area contributed by atoms with Gasteiger partial charge in [-0.3, -0.25) is 14.6 Å². The highest BCUT2D eigenvalue weighted by atomic mass is 16.5. The fourth-order valence-electron chi connectivity index (χ4n) is 2.39. The van der Waals surface area contributed by atoms with E-state index in [1.807, 2.05) is 30.3 Å². The van der Waals surface area contributed by atoms with Gasteiger partial charge in [-0.25, -0.2) is 0 Å². The van der Waals surface area contributed by atoms with Gasteiger partial charge in [0.05, 0.1) is 0 Å². The van der Waals surface area contributed by atoms with E-state index in [9.17, 15) is 9.59 Å². The fraction of sp³-hybridized carbons (Fsp3) is 0.0455. The largest absolute Gasteiger partial charge is 0.457 e. The predicted molar refractivity (Wildman–Crippen MR) is 108 cm³/mol. The van der Waals surface area contributed by atoms with Crippen molar-refractivity contribution in [2.75, 3.05) is 11.9 Å². The average Bonchev–Trinajstić information content (AvgIpc) is 2.74. The normalized spacial score (nSPS) is 10.0. The molecule has 2 aromatic carbocycles. The van der Waals surface area contributed by atoms with Crippen molar-refractivity contribution in [2.24, 2.45) is 0 Å². The molecule has 1 heterocycles. The number of benzene rings is 2. The molecule has 0 spiro atoms. The first kappa shape index (κ1) is 18.8. The van der Waals surface area contributed by atoms with Gasteiger partial charge in [0.1, 0.15) is 17.2 Å². The maximum atomic E-state index is 12.5. The third-order valence-electron chi connectivity index (χ3n) is 3.75. The van der Waals surface area contributed by atoms with Crippen molar-refractivity contribution in [3.63, 3.8) is 0 Å². The Morgan fingerprint density at radius 2 is 1.68 bits per heavy atom. The Morgan fingerprint density at radius 3 is 2.39 bits per heavy atom. The first-order chi connectivity index (χ1) is 13.7. The highest BCUT2D eigenvalue weighted by Gasteiger charge is 2.11. The summed E-state index contributed by atoms with van der Waals surface area (Å²) in [5, 5.41) is 5.41. The smallest absolute Gasteiger partial charge is 0.270 e. The Morgan fingerprint density at radius 1 is 0.964 bits per heavy atom. The lowest BCUT2D eigenvalue weighted by atomic mass is 10.2. The molecule has 6 nitrogen and oxygen atoms in total. The number of carbonyl (C=O) groups is 2. The Balaban J connectivity index is 1.64. The van der Waals surface area contributed by atoms with Crippen LogP contribution in [0.3, 0.4) is 0 Å². The molecule has 6 heteroatoms. The van der Waals surface area contributed by atoms with Crippen LogP contribution in [0.5, 0.6) is 11.5 Å². The van der Waals surface area contributed by atoms with Crippen LogP contribution < -0.4 is 15.4 Å². The molecule has 0 fully saturated rings. The van der Waals surface area contributed by atoms with Crippen LogP contribution >= 0.6 is 0 Å². The van der Waals surface area contributed by atoms with E-state index < -0.39 is 0 Å². The number of hydrogen-bond donors (Lipinski definition) is 2. The molecule has 0 radical (unpaired) electrons. The number of aromatic nitrogens is 1. The molecule has 0 unspecified atom stereocenters. The number of para-hydroxylation sites is 1. The molecule has 3 aromatic rings. The standard InChI is InChI=1S/C22H19N3O3/c1-2-13-24-22(27)20-15-16(12-14-23-20)21(26)25-17-8-10-19(11-9-17)28-18-6-4-3-5-7-18/h2-12,14-15H,1,13H2,(H,24,27)(H,25,26). The van der Waals surface area contributed by atoms with Gasteiger partial charge >= 0.3 is 0 Å². The van der Waals surface area contributed by atoms with E-state index in [2.05, 4.69) is 22.2 Å². The summed E-state index contributed by atoms with van der Waals surface area (Å²) in [6.07, 6.45) is 2.99. The van der Waals surface area contributed by atoms with Crippen molar-refractivity contribution in [2.45, 2.75) is 0 Å². The van der Waals surface area contributed by atoms with Gasteiger partial charge in [0.15, 0.2) is 0 Å². The number of amides is 2.